The number of piperidine rings is 1. The lowest BCUT2D eigenvalue weighted by atomic mass is 10.0. The molecule has 1 aromatic carbocycles. The van der Waals surface area contributed by atoms with E-state index in [1.54, 1.807) is 0 Å². The Balaban J connectivity index is 0.00000242. The monoisotopic (exact) mass is 321 g/mol. The van der Waals surface area contributed by atoms with Crippen LogP contribution in [0.4, 0.5) is 0 Å². The zero-order chi connectivity index (χ0) is 15.1. The van der Waals surface area contributed by atoms with Gasteiger partial charge in [0.1, 0.15) is 12.4 Å². The minimum absolute atomic E-state index is 0. The van der Waals surface area contributed by atoms with Crippen LogP contribution >= 0.6 is 12.4 Å². The van der Waals surface area contributed by atoms with Crippen LogP contribution in [-0.4, -0.2) is 31.1 Å². The van der Waals surface area contributed by atoms with Crippen LogP contribution in [0.15, 0.2) is 18.2 Å². The molecule has 0 atom stereocenters. The Morgan fingerprint density at radius 1 is 1.14 bits per heavy atom. The van der Waals surface area contributed by atoms with Gasteiger partial charge in [-0.1, -0.05) is 44.2 Å². The molecule has 1 aliphatic rings. The molecule has 0 unspecified atom stereocenters. The highest BCUT2D eigenvalue weighted by atomic mass is 35.5. The number of halogens is 1. The summed E-state index contributed by atoms with van der Waals surface area (Å²) in [5.74, 6) is 7.85. The Bertz CT molecular complexity index is 510. The summed E-state index contributed by atoms with van der Waals surface area (Å²) in [6.07, 6.45) is 4.01. The number of hydrogen-bond donors (Lipinski definition) is 0. The molecule has 1 heterocycles. The van der Waals surface area contributed by atoms with Crippen LogP contribution in [0, 0.1) is 18.8 Å². The molecule has 22 heavy (non-hydrogen) atoms. The molecule has 0 amide bonds. The second kappa shape index (κ2) is 9.77. The fourth-order valence-electron chi connectivity index (χ4n) is 2.69. The lowest BCUT2D eigenvalue weighted by Crippen LogP contribution is -2.29. The maximum absolute atomic E-state index is 5.88. The van der Waals surface area contributed by atoms with Crippen LogP contribution < -0.4 is 4.74 Å². The first kappa shape index (κ1) is 18.9. The van der Waals surface area contributed by atoms with E-state index in [4.69, 9.17) is 4.74 Å². The summed E-state index contributed by atoms with van der Waals surface area (Å²) in [5.41, 5.74) is 2.49. The van der Waals surface area contributed by atoms with Gasteiger partial charge in [0.05, 0.1) is 6.54 Å². The maximum Gasteiger partial charge on any atom is 0.149 e. The predicted molar refractivity (Wildman–Crippen MR) is 96.1 cm³/mol. The second-order valence-corrected chi connectivity index (χ2v) is 6.18. The molecule has 0 spiro atoms. The number of rotatable bonds is 4. The van der Waals surface area contributed by atoms with E-state index in [-0.39, 0.29) is 12.4 Å². The van der Waals surface area contributed by atoms with Crippen molar-refractivity contribution in [3.63, 3.8) is 0 Å². The molecule has 1 saturated heterocycles. The van der Waals surface area contributed by atoms with E-state index in [1.807, 2.05) is 0 Å². The number of likely N-dealkylation sites (tertiary alicyclic amines) is 1. The normalized spacial score (nSPS) is 14.9. The molecule has 0 saturated carbocycles. The van der Waals surface area contributed by atoms with Gasteiger partial charge in [-0.2, -0.15) is 0 Å². The third-order valence-electron chi connectivity index (χ3n) is 3.97. The Morgan fingerprint density at radius 2 is 1.86 bits per heavy atom. The fraction of sp³-hybridized carbons (Fsp3) is 0.579. The van der Waals surface area contributed by atoms with Crippen molar-refractivity contribution < 1.29 is 4.74 Å². The minimum atomic E-state index is 0. The average molecular weight is 322 g/mol. The summed E-state index contributed by atoms with van der Waals surface area (Å²) < 4.78 is 5.88. The maximum atomic E-state index is 5.88. The first-order valence-electron chi connectivity index (χ1n) is 8.08. The Kier molecular flexibility index (Phi) is 8.38. The van der Waals surface area contributed by atoms with E-state index in [0.29, 0.717) is 12.5 Å². The number of nitrogens with zero attached hydrogens (tertiary/aromatic N) is 1. The van der Waals surface area contributed by atoms with Crippen molar-refractivity contribution in [2.75, 3.05) is 26.2 Å². The van der Waals surface area contributed by atoms with Crippen molar-refractivity contribution in [1.82, 2.24) is 4.90 Å². The molecule has 2 nitrogen and oxygen atoms in total. The highest BCUT2D eigenvalue weighted by molar-refractivity contribution is 5.85. The summed E-state index contributed by atoms with van der Waals surface area (Å²) >= 11 is 0. The summed E-state index contributed by atoms with van der Waals surface area (Å²) in [7, 11) is 0. The Labute approximate surface area is 141 Å². The summed E-state index contributed by atoms with van der Waals surface area (Å²) in [4.78, 5) is 2.43. The van der Waals surface area contributed by atoms with Crippen LogP contribution in [-0.2, 0) is 0 Å². The zero-order valence-corrected chi connectivity index (χ0v) is 14.8. The van der Waals surface area contributed by atoms with E-state index >= 15 is 0 Å². The van der Waals surface area contributed by atoms with E-state index in [9.17, 15) is 0 Å². The van der Waals surface area contributed by atoms with Crippen molar-refractivity contribution in [3.05, 3.63) is 29.3 Å². The van der Waals surface area contributed by atoms with Crippen LogP contribution in [0.2, 0.25) is 0 Å². The van der Waals surface area contributed by atoms with Crippen molar-refractivity contribution in [2.24, 2.45) is 0 Å². The van der Waals surface area contributed by atoms with Gasteiger partial charge in [0.15, 0.2) is 0 Å². The van der Waals surface area contributed by atoms with Crippen molar-refractivity contribution in [3.8, 4) is 17.6 Å². The van der Waals surface area contributed by atoms with Crippen LogP contribution in [0.5, 0.6) is 5.75 Å². The highest BCUT2D eigenvalue weighted by Crippen LogP contribution is 2.27. The molecule has 2 rings (SSSR count). The van der Waals surface area contributed by atoms with Gasteiger partial charge in [0.25, 0.3) is 0 Å². The lowest BCUT2D eigenvalue weighted by Gasteiger charge is -2.23. The molecule has 0 radical (unpaired) electrons. The largest absolute Gasteiger partial charge is 0.481 e. The van der Waals surface area contributed by atoms with Gasteiger partial charge >= 0.3 is 0 Å². The minimum Gasteiger partial charge on any atom is -0.481 e. The SMILES string of the molecule is Cc1ccc(C(C)C)c(OCC#CCN2CCCCC2)c1.Cl. The van der Waals surface area contributed by atoms with Crippen LogP contribution in [0.3, 0.4) is 0 Å². The number of ether oxygens (including phenoxy) is 1. The van der Waals surface area contributed by atoms with Crippen molar-refractivity contribution >= 4 is 12.4 Å². The molecule has 0 aliphatic carbocycles. The van der Waals surface area contributed by atoms with E-state index in [2.05, 4.69) is 55.7 Å². The molecule has 122 valence electrons. The number of benzene rings is 1. The van der Waals surface area contributed by atoms with Gasteiger partial charge in [0, 0.05) is 0 Å². The quantitative estimate of drug-likeness (QED) is 0.762. The van der Waals surface area contributed by atoms with E-state index < -0.39 is 0 Å². The molecule has 0 bridgehead atoms. The average Bonchev–Trinajstić information content (AvgIpc) is 2.48. The molecule has 3 heteroatoms. The third-order valence-corrected chi connectivity index (χ3v) is 3.97. The number of hydrogen-bond acceptors (Lipinski definition) is 2. The molecule has 0 N–H and O–H groups in total. The first-order chi connectivity index (χ1) is 10.2. The molecular weight excluding hydrogens is 294 g/mol. The smallest absolute Gasteiger partial charge is 0.149 e. The predicted octanol–water partition coefficient (Wildman–Crippen LogP) is 4.41. The zero-order valence-electron chi connectivity index (χ0n) is 14.0. The van der Waals surface area contributed by atoms with Crippen LogP contribution in [0.1, 0.15) is 50.2 Å². The Hall–Kier alpha value is -1.17. The topological polar surface area (TPSA) is 12.5 Å². The molecule has 1 aliphatic heterocycles. The summed E-state index contributed by atoms with van der Waals surface area (Å²) in [5, 5.41) is 0. The fourth-order valence-corrected chi connectivity index (χ4v) is 2.69. The van der Waals surface area contributed by atoms with E-state index in [0.717, 1.165) is 12.3 Å². The summed E-state index contributed by atoms with van der Waals surface area (Å²) in [6.45, 7) is 10.2. The first-order valence-corrected chi connectivity index (χ1v) is 8.08. The molecule has 1 fully saturated rings. The van der Waals surface area contributed by atoms with Gasteiger partial charge in [-0.05, 0) is 56.0 Å². The van der Waals surface area contributed by atoms with Gasteiger partial charge in [-0.25, -0.2) is 0 Å². The molecule has 0 aromatic heterocycles. The number of aryl methyl sites for hydroxylation is 1. The van der Waals surface area contributed by atoms with Gasteiger partial charge in [-0.3, -0.25) is 4.90 Å². The molecule has 1 aromatic rings. The third kappa shape index (κ3) is 5.91. The summed E-state index contributed by atoms with van der Waals surface area (Å²) in [6, 6.07) is 6.42. The second-order valence-electron chi connectivity index (χ2n) is 6.18. The van der Waals surface area contributed by atoms with Gasteiger partial charge in [-0.15, -0.1) is 12.4 Å². The molecular formula is C19H28ClNO. The standard InChI is InChI=1S/C19H27NO.ClH/c1-16(2)18-10-9-17(3)15-19(18)21-14-8-7-13-20-11-5-4-6-12-20;/h9-10,15-16H,4-6,11-14H2,1-3H3;1H. The Morgan fingerprint density at radius 3 is 2.55 bits per heavy atom. The highest BCUT2D eigenvalue weighted by Gasteiger charge is 2.08. The van der Waals surface area contributed by atoms with Crippen LogP contribution in [0.25, 0.3) is 0 Å². The van der Waals surface area contributed by atoms with E-state index in [1.165, 1.54) is 43.5 Å². The van der Waals surface area contributed by atoms with Gasteiger partial charge in [0.2, 0.25) is 0 Å². The van der Waals surface area contributed by atoms with Gasteiger partial charge < -0.3 is 4.74 Å². The van der Waals surface area contributed by atoms with Crippen molar-refractivity contribution in [1.29, 1.82) is 0 Å². The van der Waals surface area contributed by atoms with Crippen molar-refractivity contribution in [2.45, 2.75) is 46.0 Å². The lowest BCUT2D eigenvalue weighted by molar-refractivity contribution is 0.255.